The summed E-state index contributed by atoms with van der Waals surface area (Å²) in [6.07, 6.45) is 3.14. The van der Waals surface area contributed by atoms with Gasteiger partial charge in [0.25, 0.3) is 0 Å². The quantitative estimate of drug-likeness (QED) is 0.849. The molecule has 0 N–H and O–H groups in total. The van der Waals surface area contributed by atoms with Gasteiger partial charge in [-0.25, -0.2) is 0 Å². The van der Waals surface area contributed by atoms with Crippen LogP contribution >= 0.6 is 11.8 Å². The number of methoxy groups -OCH3 is 1. The number of rotatable bonds is 3. The number of hydrogen-bond donors (Lipinski definition) is 0. The summed E-state index contributed by atoms with van der Waals surface area (Å²) in [6.45, 7) is 2.86. The van der Waals surface area contributed by atoms with Gasteiger partial charge in [-0.3, -0.25) is 0 Å². The van der Waals surface area contributed by atoms with Gasteiger partial charge >= 0.3 is 0 Å². The third-order valence-corrected chi connectivity index (χ3v) is 5.22. The maximum Gasteiger partial charge on any atom is 0.230 e. The number of hydrogen-bond acceptors (Lipinski definition) is 6. The summed E-state index contributed by atoms with van der Waals surface area (Å²) in [5, 5.41) is 4.18. The fourth-order valence-electron chi connectivity index (χ4n) is 2.78. The molecule has 3 heterocycles. The summed E-state index contributed by atoms with van der Waals surface area (Å²) in [6, 6.07) is 0. The lowest BCUT2D eigenvalue weighted by Crippen LogP contribution is -2.29. The highest BCUT2D eigenvalue weighted by atomic mass is 32.2. The van der Waals surface area contributed by atoms with Crippen LogP contribution in [0.2, 0.25) is 0 Å². The van der Waals surface area contributed by atoms with Gasteiger partial charge in [0.1, 0.15) is 5.60 Å². The van der Waals surface area contributed by atoms with Crippen molar-refractivity contribution in [2.45, 2.75) is 43.8 Å². The van der Waals surface area contributed by atoms with Crippen LogP contribution in [0.1, 0.15) is 43.8 Å². The zero-order valence-electron chi connectivity index (χ0n) is 11.4. The van der Waals surface area contributed by atoms with Gasteiger partial charge in [-0.15, -0.1) is 0 Å². The summed E-state index contributed by atoms with van der Waals surface area (Å²) in [5.41, 5.74) is -0.344. The first kappa shape index (κ1) is 13.4. The highest BCUT2D eigenvalue weighted by molar-refractivity contribution is 7.99. The molecule has 1 aromatic heterocycles. The van der Waals surface area contributed by atoms with Gasteiger partial charge in [-0.1, -0.05) is 5.16 Å². The average molecular weight is 284 g/mol. The molecule has 5 nitrogen and oxygen atoms in total. The molecule has 3 unspecified atom stereocenters. The first-order valence-electron chi connectivity index (χ1n) is 6.82. The molecule has 0 saturated carbocycles. The average Bonchev–Trinajstić information content (AvgIpc) is 3.08. The number of ether oxygens (including phenoxy) is 2. The van der Waals surface area contributed by atoms with E-state index < -0.39 is 0 Å². The third kappa shape index (κ3) is 2.53. The molecule has 2 aliphatic rings. The first-order chi connectivity index (χ1) is 9.23. The maximum absolute atomic E-state index is 5.68. The molecule has 0 amide bonds. The summed E-state index contributed by atoms with van der Waals surface area (Å²) in [4.78, 5) is 4.62. The van der Waals surface area contributed by atoms with Crippen LogP contribution < -0.4 is 0 Å². The molecule has 3 rings (SSSR count). The Kier molecular flexibility index (Phi) is 3.82. The Balaban J connectivity index is 1.79. The molecular formula is C13H20N2O3S. The Morgan fingerprint density at radius 2 is 2.37 bits per heavy atom. The van der Waals surface area contributed by atoms with E-state index in [4.69, 9.17) is 14.0 Å². The summed E-state index contributed by atoms with van der Waals surface area (Å²) in [5.74, 6) is 3.79. The number of thioether (sulfide) groups is 1. The lowest BCUT2D eigenvalue weighted by Gasteiger charge is -2.24. The van der Waals surface area contributed by atoms with Gasteiger partial charge in [0.05, 0.1) is 6.10 Å². The SMILES string of the molecule is COC1(c2noc(C3CCOC(C)C3)n2)CCSC1. The second kappa shape index (κ2) is 5.42. The fourth-order valence-corrected chi connectivity index (χ4v) is 4.12. The predicted molar refractivity (Wildman–Crippen MR) is 72.3 cm³/mol. The Hall–Kier alpha value is -0.590. The highest BCUT2D eigenvalue weighted by Crippen LogP contribution is 2.39. The van der Waals surface area contributed by atoms with Gasteiger partial charge in [0.2, 0.25) is 11.7 Å². The van der Waals surface area contributed by atoms with Crippen molar-refractivity contribution in [1.82, 2.24) is 10.1 Å². The van der Waals surface area contributed by atoms with Gasteiger partial charge in [0.15, 0.2) is 0 Å². The topological polar surface area (TPSA) is 57.4 Å². The van der Waals surface area contributed by atoms with Crippen molar-refractivity contribution in [1.29, 1.82) is 0 Å². The van der Waals surface area contributed by atoms with Crippen molar-refractivity contribution in [2.24, 2.45) is 0 Å². The largest absolute Gasteiger partial charge is 0.378 e. The second-order valence-electron chi connectivity index (χ2n) is 5.36. The van der Waals surface area contributed by atoms with Gasteiger partial charge in [-0.2, -0.15) is 16.7 Å². The second-order valence-corrected chi connectivity index (χ2v) is 6.47. The van der Waals surface area contributed by atoms with E-state index in [1.165, 1.54) is 0 Å². The molecule has 106 valence electrons. The van der Waals surface area contributed by atoms with Crippen LogP contribution in [-0.2, 0) is 15.1 Å². The number of nitrogens with zero attached hydrogens (tertiary/aromatic N) is 2. The van der Waals surface area contributed by atoms with E-state index in [1.54, 1.807) is 7.11 Å². The third-order valence-electron chi connectivity index (χ3n) is 4.06. The highest BCUT2D eigenvalue weighted by Gasteiger charge is 2.41. The molecule has 2 aliphatic heterocycles. The Morgan fingerprint density at radius 1 is 1.47 bits per heavy atom. The Morgan fingerprint density at radius 3 is 3.05 bits per heavy atom. The van der Waals surface area contributed by atoms with Gasteiger partial charge in [-0.05, 0) is 31.9 Å². The standard InChI is InChI=1S/C13H20N2O3S/c1-9-7-10(3-5-17-9)11-14-12(15-18-11)13(16-2)4-6-19-8-13/h9-10H,3-8H2,1-2H3. The van der Waals surface area contributed by atoms with Crippen molar-refractivity contribution >= 4 is 11.8 Å². The molecule has 0 radical (unpaired) electrons. The molecule has 2 saturated heterocycles. The minimum absolute atomic E-state index is 0.271. The van der Waals surface area contributed by atoms with E-state index >= 15 is 0 Å². The lowest BCUT2D eigenvalue weighted by atomic mass is 9.96. The van der Waals surface area contributed by atoms with E-state index in [1.807, 2.05) is 11.8 Å². The van der Waals surface area contributed by atoms with Crippen LogP contribution in [0.3, 0.4) is 0 Å². The molecule has 6 heteroatoms. The zero-order valence-corrected chi connectivity index (χ0v) is 12.2. The molecular weight excluding hydrogens is 264 g/mol. The van der Waals surface area contributed by atoms with Gasteiger partial charge in [0, 0.05) is 25.4 Å². The number of aromatic nitrogens is 2. The summed E-state index contributed by atoms with van der Waals surface area (Å²) in [7, 11) is 1.73. The summed E-state index contributed by atoms with van der Waals surface area (Å²) >= 11 is 1.88. The molecule has 1 aromatic rings. The maximum atomic E-state index is 5.68. The first-order valence-corrected chi connectivity index (χ1v) is 7.97. The minimum Gasteiger partial charge on any atom is -0.378 e. The molecule has 3 atom stereocenters. The molecule has 0 spiro atoms. The molecule has 19 heavy (non-hydrogen) atoms. The van der Waals surface area contributed by atoms with Crippen LogP contribution in [0.25, 0.3) is 0 Å². The molecule has 0 aliphatic carbocycles. The fraction of sp³-hybridized carbons (Fsp3) is 0.846. The van der Waals surface area contributed by atoms with E-state index in [9.17, 15) is 0 Å². The van der Waals surface area contributed by atoms with Crippen LogP contribution in [0.15, 0.2) is 4.52 Å². The zero-order chi connectivity index (χ0) is 13.3. The molecule has 0 aromatic carbocycles. The van der Waals surface area contributed by atoms with Crippen molar-refractivity contribution in [3.63, 3.8) is 0 Å². The van der Waals surface area contributed by atoms with E-state index in [2.05, 4.69) is 17.1 Å². The van der Waals surface area contributed by atoms with Crippen LogP contribution in [0, 0.1) is 0 Å². The van der Waals surface area contributed by atoms with E-state index in [-0.39, 0.29) is 11.7 Å². The normalized spacial score (nSPS) is 35.7. The monoisotopic (exact) mass is 284 g/mol. The smallest absolute Gasteiger partial charge is 0.230 e. The summed E-state index contributed by atoms with van der Waals surface area (Å²) < 4.78 is 16.7. The van der Waals surface area contributed by atoms with Crippen LogP contribution in [0.4, 0.5) is 0 Å². The van der Waals surface area contributed by atoms with Crippen molar-refractivity contribution in [3.8, 4) is 0 Å². The Bertz CT molecular complexity index is 431. The predicted octanol–water partition coefficient (Wildman–Crippen LogP) is 2.33. The van der Waals surface area contributed by atoms with E-state index in [0.717, 1.165) is 43.3 Å². The van der Waals surface area contributed by atoms with Crippen LogP contribution in [-0.4, -0.2) is 41.5 Å². The van der Waals surface area contributed by atoms with Crippen molar-refractivity contribution < 1.29 is 14.0 Å². The molecule has 0 bridgehead atoms. The van der Waals surface area contributed by atoms with Crippen molar-refractivity contribution in [3.05, 3.63) is 11.7 Å². The Labute approximate surface area is 117 Å². The van der Waals surface area contributed by atoms with Crippen molar-refractivity contribution in [2.75, 3.05) is 25.2 Å². The van der Waals surface area contributed by atoms with Crippen LogP contribution in [0.5, 0.6) is 0 Å². The minimum atomic E-state index is -0.344. The van der Waals surface area contributed by atoms with E-state index in [0.29, 0.717) is 11.7 Å². The van der Waals surface area contributed by atoms with Gasteiger partial charge < -0.3 is 14.0 Å². The molecule has 2 fully saturated rings. The lowest BCUT2D eigenvalue weighted by molar-refractivity contribution is -0.000239.